The summed E-state index contributed by atoms with van der Waals surface area (Å²) in [6.45, 7) is 1.70. The number of nitrogens with one attached hydrogen (secondary N) is 2. The predicted molar refractivity (Wildman–Crippen MR) is 111 cm³/mol. The number of anilines is 1. The van der Waals surface area contributed by atoms with Crippen LogP contribution < -0.4 is 15.1 Å². The normalized spacial score (nSPS) is 11.9. The number of nitrogens with zero attached hydrogens (tertiary/aromatic N) is 3. The molecule has 0 radical (unpaired) electrons. The van der Waals surface area contributed by atoms with Crippen molar-refractivity contribution in [2.24, 2.45) is 0 Å². The highest BCUT2D eigenvalue weighted by atomic mass is 35.5. The Morgan fingerprint density at radius 2 is 2.00 bits per heavy atom. The van der Waals surface area contributed by atoms with E-state index >= 15 is 0 Å². The highest BCUT2D eigenvalue weighted by molar-refractivity contribution is 7.92. The number of sulfonamides is 1. The summed E-state index contributed by atoms with van der Waals surface area (Å²) >= 11 is 6.47. The molecule has 0 fully saturated rings. The molecule has 2 aromatic carbocycles. The Hall–Kier alpha value is -3.11. The van der Waals surface area contributed by atoms with Gasteiger partial charge in [0.25, 0.3) is 0 Å². The van der Waals surface area contributed by atoms with Crippen molar-refractivity contribution in [3.05, 3.63) is 51.7 Å². The predicted octanol–water partition coefficient (Wildman–Crippen LogP) is 2.58. The summed E-state index contributed by atoms with van der Waals surface area (Å²) in [7, 11) is -2.01. The van der Waals surface area contributed by atoms with Crippen molar-refractivity contribution in [3.63, 3.8) is 0 Å². The monoisotopic (exact) mass is 433 g/mol. The number of halogens is 1. The molecule has 0 aliphatic carbocycles. The summed E-state index contributed by atoms with van der Waals surface area (Å²) in [5.41, 5.74) is 2.23. The molecule has 2 aromatic heterocycles. The van der Waals surface area contributed by atoms with E-state index in [0.717, 1.165) is 6.26 Å². The van der Waals surface area contributed by atoms with E-state index in [2.05, 4.69) is 19.8 Å². The Morgan fingerprint density at radius 3 is 2.69 bits per heavy atom. The van der Waals surface area contributed by atoms with Crippen LogP contribution >= 0.6 is 11.6 Å². The standard InChI is InChI=1S/C18H16ClN5O4S/c1-9-20-17-12-7-11(13(19)8-15(12)21-18(25)24(17)22-9)10-4-5-14(16(6-10)28-2)23-29(3,26)27/h4-8,23H,1-3H3,(H,21,25). The molecule has 4 aromatic rings. The molecule has 2 N–H and O–H groups in total. The number of benzene rings is 2. The van der Waals surface area contributed by atoms with E-state index in [1.165, 1.54) is 11.6 Å². The molecule has 0 atom stereocenters. The average molecular weight is 434 g/mol. The molecule has 4 rings (SSSR count). The molecular weight excluding hydrogens is 418 g/mol. The van der Waals surface area contributed by atoms with Gasteiger partial charge in [0, 0.05) is 10.9 Å². The van der Waals surface area contributed by atoms with E-state index in [-0.39, 0.29) is 0 Å². The first-order valence-electron chi connectivity index (χ1n) is 8.41. The second kappa shape index (κ2) is 6.75. The summed E-state index contributed by atoms with van der Waals surface area (Å²) < 4.78 is 32.0. The second-order valence-electron chi connectivity index (χ2n) is 6.49. The molecule has 0 spiro atoms. The summed E-state index contributed by atoms with van der Waals surface area (Å²) in [6, 6.07) is 8.45. The van der Waals surface area contributed by atoms with Crippen molar-refractivity contribution in [1.82, 2.24) is 19.6 Å². The fourth-order valence-corrected chi connectivity index (χ4v) is 3.97. The molecule has 9 nitrogen and oxygen atoms in total. The lowest BCUT2D eigenvalue weighted by molar-refractivity contribution is 0.417. The van der Waals surface area contributed by atoms with Gasteiger partial charge in [0.1, 0.15) is 11.6 Å². The third-order valence-corrected chi connectivity index (χ3v) is 5.21. The van der Waals surface area contributed by atoms with Crippen LogP contribution in [-0.2, 0) is 10.0 Å². The Balaban J connectivity index is 1.94. The minimum Gasteiger partial charge on any atom is -0.495 e. The van der Waals surface area contributed by atoms with Crippen LogP contribution in [0.1, 0.15) is 5.82 Å². The van der Waals surface area contributed by atoms with Crippen molar-refractivity contribution in [1.29, 1.82) is 0 Å². The SMILES string of the molecule is COc1cc(-c2cc3c(cc2Cl)[nH]c(=O)n2nc(C)nc32)ccc1NS(C)(=O)=O. The molecule has 0 amide bonds. The molecule has 150 valence electrons. The molecule has 29 heavy (non-hydrogen) atoms. The molecule has 0 saturated heterocycles. The van der Waals surface area contributed by atoms with Gasteiger partial charge in [-0.05, 0) is 36.8 Å². The van der Waals surface area contributed by atoms with E-state index < -0.39 is 15.7 Å². The maximum absolute atomic E-state index is 12.2. The van der Waals surface area contributed by atoms with Crippen LogP contribution in [0.3, 0.4) is 0 Å². The molecule has 0 aliphatic heterocycles. The van der Waals surface area contributed by atoms with Crippen LogP contribution in [0.2, 0.25) is 5.02 Å². The van der Waals surface area contributed by atoms with E-state index in [1.54, 1.807) is 37.3 Å². The third kappa shape index (κ3) is 3.52. The molecule has 0 aliphatic rings. The number of aromatic nitrogens is 4. The zero-order chi connectivity index (χ0) is 20.9. The Bertz CT molecular complexity index is 1440. The van der Waals surface area contributed by atoms with Gasteiger partial charge in [-0.3, -0.25) is 4.72 Å². The van der Waals surface area contributed by atoms with Gasteiger partial charge in [-0.1, -0.05) is 17.7 Å². The number of ether oxygens (including phenoxy) is 1. The topological polar surface area (TPSA) is 118 Å². The van der Waals surface area contributed by atoms with E-state index in [4.69, 9.17) is 16.3 Å². The van der Waals surface area contributed by atoms with Crippen molar-refractivity contribution in [3.8, 4) is 16.9 Å². The number of aryl methyl sites for hydroxylation is 1. The Morgan fingerprint density at radius 1 is 1.24 bits per heavy atom. The molecule has 11 heteroatoms. The van der Waals surface area contributed by atoms with Gasteiger partial charge in [0.15, 0.2) is 5.65 Å². The number of hydrogen-bond donors (Lipinski definition) is 2. The molecular formula is C18H16ClN5O4S. The van der Waals surface area contributed by atoms with Gasteiger partial charge in [-0.25, -0.2) is 18.2 Å². The van der Waals surface area contributed by atoms with Crippen LogP contribution in [0.5, 0.6) is 5.75 Å². The largest absolute Gasteiger partial charge is 0.495 e. The quantitative estimate of drug-likeness (QED) is 0.510. The van der Waals surface area contributed by atoms with Crippen LogP contribution in [0, 0.1) is 6.92 Å². The lowest BCUT2D eigenvalue weighted by Crippen LogP contribution is -2.17. The van der Waals surface area contributed by atoms with Gasteiger partial charge in [0.2, 0.25) is 10.0 Å². The lowest BCUT2D eigenvalue weighted by Gasteiger charge is -2.13. The first kappa shape index (κ1) is 19.2. The van der Waals surface area contributed by atoms with E-state index in [0.29, 0.717) is 50.0 Å². The number of aromatic amines is 1. The zero-order valence-corrected chi connectivity index (χ0v) is 17.2. The van der Waals surface area contributed by atoms with Crippen LogP contribution in [0.4, 0.5) is 5.69 Å². The summed E-state index contributed by atoms with van der Waals surface area (Å²) in [5, 5.41) is 5.18. The number of rotatable bonds is 4. The van der Waals surface area contributed by atoms with Crippen molar-refractivity contribution < 1.29 is 13.2 Å². The smallest absolute Gasteiger partial charge is 0.348 e. The number of methoxy groups -OCH3 is 1. The average Bonchev–Trinajstić information content (AvgIpc) is 3.03. The van der Waals surface area contributed by atoms with Crippen LogP contribution in [0.15, 0.2) is 35.1 Å². The highest BCUT2D eigenvalue weighted by Crippen LogP contribution is 2.36. The van der Waals surface area contributed by atoms with E-state index in [9.17, 15) is 13.2 Å². The summed E-state index contributed by atoms with van der Waals surface area (Å²) in [4.78, 5) is 19.3. The van der Waals surface area contributed by atoms with Gasteiger partial charge in [0.05, 0.1) is 29.6 Å². The zero-order valence-electron chi connectivity index (χ0n) is 15.6. The molecule has 0 saturated carbocycles. The maximum atomic E-state index is 12.2. The van der Waals surface area contributed by atoms with Gasteiger partial charge in [-0.15, -0.1) is 5.10 Å². The fraction of sp³-hybridized carbons (Fsp3) is 0.167. The number of fused-ring (bicyclic) bond motifs is 3. The summed E-state index contributed by atoms with van der Waals surface area (Å²) in [5.74, 6) is 0.811. The van der Waals surface area contributed by atoms with Gasteiger partial charge >= 0.3 is 5.69 Å². The van der Waals surface area contributed by atoms with Gasteiger partial charge in [-0.2, -0.15) is 4.52 Å². The Labute approximate surface area is 170 Å². The van der Waals surface area contributed by atoms with Crippen LogP contribution in [-0.4, -0.2) is 41.4 Å². The number of hydrogen-bond acceptors (Lipinski definition) is 6. The molecule has 2 heterocycles. The van der Waals surface area contributed by atoms with Crippen molar-refractivity contribution >= 4 is 43.9 Å². The van der Waals surface area contributed by atoms with Crippen LogP contribution in [0.25, 0.3) is 27.7 Å². The van der Waals surface area contributed by atoms with E-state index in [1.807, 2.05) is 0 Å². The minimum atomic E-state index is -3.46. The van der Waals surface area contributed by atoms with Crippen molar-refractivity contribution in [2.45, 2.75) is 6.92 Å². The number of H-pyrrole nitrogens is 1. The lowest BCUT2D eigenvalue weighted by atomic mass is 10.0. The maximum Gasteiger partial charge on any atom is 0.348 e. The highest BCUT2D eigenvalue weighted by Gasteiger charge is 2.15. The summed E-state index contributed by atoms with van der Waals surface area (Å²) in [6.07, 6.45) is 1.06. The molecule has 0 bridgehead atoms. The minimum absolute atomic E-state index is 0.315. The third-order valence-electron chi connectivity index (χ3n) is 4.30. The Kier molecular flexibility index (Phi) is 4.47. The van der Waals surface area contributed by atoms with Crippen molar-refractivity contribution in [2.75, 3.05) is 18.1 Å². The fourth-order valence-electron chi connectivity index (χ4n) is 3.12. The first-order chi connectivity index (χ1) is 13.7. The van der Waals surface area contributed by atoms with Gasteiger partial charge < -0.3 is 9.72 Å². The second-order valence-corrected chi connectivity index (χ2v) is 8.65. The molecule has 0 unspecified atom stereocenters. The first-order valence-corrected chi connectivity index (χ1v) is 10.7.